The Kier molecular flexibility index (Phi) is 4.53. The van der Waals surface area contributed by atoms with Gasteiger partial charge in [-0.25, -0.2) is 15.8 Å². The van der Waals surface area contributed by atoms with E-state index in [2.05, 4.69) is 34.6 Å². The number of nitrogens with one attached hydrogen (secondary N) is 2. The fourth-order valence-electron chi connectivity index (χ4n) is 1.68. The van der Waals surface area contributed by atoms with Crippen molar-refractivity contribution in [3.05, 3.63) is 18.6 Å². The number of rotatable bonds is 7. The van der Waals surface area contributed by atoms with E-state index >= 15 is 0 Å². The molecule has 0 radical (unpaired) electrons. The molecule has 0 bridgehead atoms. The van der Waals surface area contributed by atoms with E-state index in [1.807, 2.05) is 10.6 Å². The Morgan fingerprint density at radius 2 is 2.32 bits per heavy atom. The summed E-state index contributed by atoms with van der Waals surface area (Å²) in [6.45, 7) is 6.32. The lowest BCUT2D eigenvalue weighted by Gasteiger charge is -2.10. The van der Waals surface area contributed by atoms with Crippen molar-refractivity contribution in [3.63, 3.8) is 0 Å². The van der Waals surface area contributed by atoms with Crippen molar-refractivity contribution in [2.75, 3.05) is 30.5 Å². The first-order valence-corrected chi connectivity index (χ1v) is 6.32. The van der Waals surface area contributed by atoms with Gasteiger partial charge in [-0.2, -0.15) is 0 Å². The predicted molar refractivity (Wildman–Crippen MR) is 74.9 cm³/mol. The van der Waals surface area contributed by atoms with Crippen LogP contribution in [0.15, 0.2) is 18.6 Å². The number of aromatic nitrogens is 3. The van der Waals surface area contributed by atoms with Gasteiger partial charge in [-0.15, -0.1) is 0 Å². The summed E-state index contributed by atoms with van der Waals surface area (Å²) >= 11 is 0. The third-order valence-corrected chi connectivity index (χ3v) is 2.51. The van der Waals surface area contributed by atoms with Crippen LogP contribution in [0.4, 0.5) is 11.6 Å². The number of ether oxygens (including phenoxy) is 1. The Bertz CT molecular complexity index is 524. The summed E-state index contributed by atoms with van der Waals surface area (Å²) in [4.78, 5) is 8.59. The average molecular weight is 264 g/mol. The van der Waals surface area contributed by atoms with E-state index in [-0.39, 0.29) is 0 Å². The van der Waals surface area contributed by atoms with E-state index in [4.69, 9.17) is 10.6 Å². The van der Waals surface area contributed by atoms with Gasteiger partial charge < -0.3 is 19.9 Å². The molecule has 0 saturated heterocycles. The van der Waals surface area contributed by atoms with Crippen molar-refractivity contribution in [2.24, 2.45) is 11.8 Å². The van der Waals surface area contributed by atoms with E-state index in [0.717, 1.165) is 12.3 Å². The smallest absolute Gasteiger partial charge is 0.180 e. The molecule has 4 N–H and O–H groups in total. The Balaban J connectivity index is 1.97. The molecule has 0 fully saturated rings. The molecule has 0 unspecified atom stereocenters. The summed E-state index contributed by atoms with van der Waals surface area (Å²) < 4.78 is 7.37. The summed E-state index contributed by atoms with van der Waals surface area (Å²) in [5.74, 6) is 7.20. The largest absolute Gasteiger partial charge is 0.379 e. The molecule has 0 aliphatic rings. The van der Waals surface area contributed by atoms with Crippen LogP contribution in [0.1, 0.15) is 13.8 Å². The summed E-state index contributed by atoms with van der Waals surface area (Å²) in [6, 6.07) is 0. The van der Waals surface area contributed by atoms with Gasteiger partial charge in [-0.3, -0.25) is 0 Å². The monoisotopic (exact) mass is 264 g/mol. The van der Waals surface area contributed by atoms with Crippen LogP contribution in [0.2, 0.25) is 0 Å². The first kappa shape index (κ1) is 13.6. The van der Waals surface area contributed by atoms with Gasteiger partial charge in [0.25, 0.3) is 0 Å². The number of nitrogen functional groups attached to an aromatic ring is 1. The van der Waals surface area contributed by atoms with Crippen LogP contribution in [0.5, 0.6) is 0 Å². The Morgan fingerprint density at radius 1 is 1.47 bits per heavy atom. The zero-order valence-electron chi connectivity index (χ0n) is 11.3. The van der Waals surface area contributed by atoms with Gasteiger partial charge in [0.2, 0.25) is 0 Å². The van der Waals surface area contributed by atoms with Crippen LogP contribution in [-0.4, -0.2) is 34.1 Å². The Morgan fingerprint density at radius 3 is 3.05 bits per heavy atom. The standard InChI is InChI=1S/C12H20N6O/c1-9(2)8-19-6-4-14-11-12-15-3-5-18(12)7-10(16-11)17-13/h3,5,7,9,17H,4,6,8,13H2,1-2H3,(H,14,16). The maximum absolute atomic E-state index is 5.51. The second kappa shape index (κ2) is 6.35. The number of hydrogen-bond donors (Lipinski definition) is 3. The molecular formula is C12H20N6O. The number of anilines is 2. The molecule has 2 rings (SSSR count). The average Bonchev–Trinajstić information content (AvgIpc) is 2.85. The van der Waals surface area contributed by atoms with Gasteiger partial charge in [0.05, 0.1) is 12.8 Å². The molecule has 0 aromatic carbocycles. The van der Waals surface area contributed by atoms with Crippen LogP contribution in [0.25, 0.3) is 5.65 Å². The molecule has 7 nitrogen and oxygen atoms in total. The van der Waals surface area contributed by atoms with Crippen LogP contribution in [-0.2, 0) is 4.74 Å². The highest BCUT2D eigenvalue weighted by molar-refractivity contribution is 5.65. The molecule has 19 heavy (non-hydrogen) atoms. The van der Waals surface area contributed by atoms with Gasteiger partial charge in [0.15, 0.2) is 17.3 Å². The van der Waals surface area contributed by atoms with E-state index in [1.54, 1.807) is 12.4 Å². The number of fused-ring (bicyclic) bond motifs is 1. The van der Waals surface area contributed by atoms with Crippen molar-refractivity contribution in [1.82, 2.24) is 14.4 Å². The van der Waals surface area contributed by atoms with Gasteiger partial charge in [0.1, 0.15) is 0 Å². The van der Waals surface area contributed by atoms with E-state index in [1.165, 1.54) is 0 Å². The van der Waals surface area contributed by atoms with Crippen molar-refractivity contribution < 1.29 is 4.74 Å². The molecule has 104 valence electrons. The molecule has 2 aromatic rings. The molecule has 2 aromatic heterocycles. The fraction of sp³-hybridized carbons (Fsp3) is 0.500. The molecule has 2 heterocycles. The highest BCUT2D eigenvalue weighted by atomic mass is 16.5. The lowest BCUT2D eigenvalue weighted by Crippen LogP contribution is -2.15. The molecule has 0 aliphatic heterocycles. The van der Waals surface area contributed by atoms with Crippen molar-refractivity contribution >= 4 is 17.3 Å². The number of nitrogens with two attached hydrogens (primary N) is 1. The van der Waals surface area contributed by atoms with E-state index in [0.29, 0.717) is 30.7 Å². The minimum atomic E-state index is 0.543. The molecule has 0 aliphatic carbocycles. The second-order valence-electron chi connectivity index (χ2n) is 4.67. The third-order valence-electron chi connectivity index (χ3n) is 2.51. The molecule has 0 spiro atoms. The molecule has 0 amide bonds. The normalized spacial score (nSPS) is 11.2. The lowest BCUT2D eigenvalue weighted by molar-refractivity contribution is 0.118. The maximum atomic E-state index is 5.51. The van der Waals surface area contributed by atoms with Gasteiger partial charge in [0, 0.05) is 25.5 Å². The van der Waals surface area contributed by atoms with E-state index < -0.39 is 0 Å². The number of hydrazine groups is 1. The Labute approximate surface area is 112 Å². The molecule has 0 saturated carbocycles. The topological polar surface area (TPSA) is 89.5 Å². The first-order chi connectivity index (χ1) is 9.20. The quantitative estimate of drug-likeness (QED) is 0.394. The predicted octanol–water partition coefficient (Wildman–Crippen LogP) is 1.10. The summed E-state index contributed by atoms with van der Waals surface area (Å²) in [5.41, 5.74) is 3.30. The number of imidazole rings is 1. The minimum Gasteiger partial charge on any atom is -0.379 e. The van der Waals surface area contributed by atoms with Crippen LogP contribution in [0, 0.1) is 5.92 Å². The van der Waals surface area contributed by atoms with Crippen LogP contribution in [0.3, 0.4) is 0 Å². The van der Waals surface area contributed by atoms with Gasteiger partial charge in [-0.05, 0) is 5.92 Å². The highest BCUT2D eigenvalue weighted by Crippen LogP contribution is 2.15. The van der Waals surface area contributed by atoms with E-state index in [9.17, 15) is 0 Å². The van der Waals surface area contributed by atoms with Crippen molar-refractivity contribution in [1.29, 1.82) is 0 Å². The molecular weight excluding hydrogens is 244 g/mol. The molecule has 7 heteroatoms. The SMILES string of the molecule is CC(C)COCCNc1nc(NN)cn2ccnc12. The highest BCUT2D eigenvalue weighted by Gasteiger charge is 2.06. The maximum Gasteiger partial charge on any atom is 0.180 e. The van der Waals surface area contributed by atoms with Gasteiger partial charge >= 0.3 is 0 Å². The number of hydrogen-bond acceptors (Lipinski definition) is 6. The van der Waals surface area contributed by atoms with Crippen molar-refractivity contribution in [3.8, 4) is 0 Å². The van der Waals surface area contributed by atoms with Crippen LogP contribution < -0.4 is 16.6 Å². The zero-order valence-corrected chi connectivity index (χ0v) is 11.3. The first-order valence-electron chi connectivity index (χ1n) is 6.32. The van der Waals surface area contributed by atoms with Crippen molar-refractivity contribution in [2.45, 2.75) is 13.8 Å². The molecule has 0 atom stereocenters. The third kappa shape index (κ3) is 3.55. The summed E-state index contributed by atoms with van der Waals surface area (Å²) in [6.07, 6.45) is 5.35. The fourth-order valence-corrected chi connectivity index (χ4v) is 1.68. The minimum absolute atomic E-state index is 0.543. The van der Waals surface area contributed by atoms with Gasteiger partial charge in [-0.1, -0.05) is 13.8 Å². The Hall–Kier alpha value is -1.86. The van der Waals surface area contributed by atoms with Crippen LogP contribution >= 0.6 is 0 Å². The second-order valence-corrected chi connectivity index (χ2v) is 4.67. The number of nitrogens with zero attached hydrogens (tertiary/aromatic N) is 3. The summed E-state index contributed by atoms with van der Waals surface area (Å²) in [7, 11) is 0. The summed E-state index contributed by atoms with van der Waals surface area (Å²) in [5, 5.41) is 3.21. The lowest BCUT2D eigenvalue weighted by atomic mass is 10.2. The zero-order chi connectivity index (χ0) is 13.7.